The highest BCUT2D eigenvalue weighted by atomic mass is 35.5. The van der Waals surface area contributed by atoms with E-state index < -0.39 is 17.8 Å². The van der Waals surface area contributed by atoms with Crippen LogP contribution < -0.4 is 5.73 Å². The van der Waals surface area contributed by atoms with Crippen molar-refractivity contribution in [2.24, 2.45) is 5.92 Å². The smallest absolute Gasteiger partial charge is 0.407 e. The summed E-state index contributed by atoms with van der Waals surface area (Å²) in [4.78, 5) is 28.3. The van der Waals surface area contributed by atoms with E-state index in [-0.39, 0.29) is 34.8 Å². The van der Waals surface area contributed by atoms with Gasteiger partial charge in [-0.25, -0.2) is 14.2 Å². The van der Waals surface area contributed by atoms with Gasteiger partial charge in [-0.05, 0) is 19.8 Å². The number of carbonyl (C=O) groups excluding carboxylic acids is 1. The van der Waals surface area contributed by atoms with Gasteiger partial charge in [0.15, 0.2) is 16.8 Å². The minimum absolute atomic E-state index is 0.00197. The third-order valence-electron chi connectivity index (χ3n) is 3.77. The average molecular weight is 316 g/mol. The van der Waals surface area contributed by atoms with E-state index in [0.29, 0.717) is 12.8 Å². The molecular weight excluding hydrogens is 301 g/mol. The third-order valence-corrected chi connectivity index (χ3v) is 4.04. The molecule has 2 heterocycles. The van der Waals surface area contributed by atoms with Crippen LogP contribution in [0.4, 0.5) is 14.9 Å². The van der Waals surface area contributed by atoms with Crippen LogP contribution in [0.15, 0.2) is 6.20 Å². The van der Waals surface area contributed by atoms with Crippen LogP contribution in [0.3, 0.4) is 0 Å². The van der Waals surface area contributed by atoms with Crippen molar-refractivity contribution in [2.75, 3.05) is 12.3 Å². The summed E-state index contributed by atoms with van der Waals surface area (Å²) in [5.74, 6) is -1.63. The van der Waals surface area contributed by atoms with Crippen LogP contribution in [-0.4, -0.2) is 39.5 Å². The Balaban J connectivity index is 2.19. The van der Waals surface area contributed by atoms with Gasteiger partial charge in [0.1, 0.15) is 0 Å². The van der Waals surface area contributed by atoms with Crippen molar-refractivity contribution in [2.45, 2.75) is 25.8 Å². The van der Waals surface area contributed by atoms with Crippen LogP contribution in [-0.2, 0) is 0 Å². The lowest BCUT2D eigenvalue weighted by molar-refractivity contribution is 0.0723. The number of nitrogens with zero attached hydrogens (tertiary/aromatic N) is 2. The molecule has 1 aromatic rings. The number of nitrogen functional groups attached to an aromatic ring is 1. The zero-order valence-corrected chi connectivity index (χ0v) is 12.1. The number of nitrogens with two attached hydrogens (primary N) is 1. The highest BCUT2D eigenvalue weighted by Gasteiger charge is 2.33. The molecule has 0 saturated carbocycles. The van der Waals surface area contributed by atoms with Crippen LogP contribution in [0.25, 0.3) is 0 Å². The molecule has 1 fully saturated rings. The number of ketones is 1. The fourth-order valence-electron chi connectivity index (χ4n) is 2.59. The molecule has 0 spiro atoms. The highest BCUT2D eigenvalue weighted by Crippen LogP contribution is 2.29. The standard InChI is InChI=1S/C13H15ClFN3O3/c1-6-4-7(2-3-18(6)13(20)21)11(19)8-5-17-12(14)9(15)10(8)16/h5-7H,2-4H2,1H3,(H2,16,17)(H,20,21). The second kappa shape index (κ2) is 5.85. The largest absolute Gasteiger partial charge is 0.465 e. The zero-order valence-electron chi connectivity index (χ0n) is 11.3. The molecule has 0 aromatic carbocycles. The number of likely N-dealkylation sites (tertiary alicyclic amines) is 1. The number of Topliss-reactive ketones (excluding diaryl/α,β-unsaturated/α-hetero) is 1. The molecule has 8 heteroatoms. The quantitative estimate of drug-likeness (QED) is 0.645. The minimum atomic E-state index is -1.01. The van der Waals surface area contributed by atoms with Gasteiger partial charge in [-0.3, -0.25) is 4.79 Å². The Labute approximate surface area is 125 Å². The van der Waals surface area contributed by atoms with Crippen LogP contribution in [0.2, 0.25) is 5.15 Å². The maximum atomic E-state index is 13.6. The van der Waals surface area contributed by atoms with Gasteiger partial charge in [0, 0.05) is 24.7 Å². The summed E-state index contributed by atoms with van der Waals surface area (Å²) in [5, 5.41) is 8.63. The first kappa shape index (κ1) is 15.5. The first-order valence-corrected chi connectivity index (χ1v) is 6.84. The van der Waals surface area contributed by atoms with Gasteiger partial charge in [0.05, 0.1) is 11.3 Å². The lowest BCUT2D eigenvalue weighted by Crippen LogP contribution is -2.45. The predicted molar refractivity (Wildman–Crippen MR) is 74.9 cm³/mol. The topological polar surface area (TPSA) is 96.5 Å². The van der Waals surface area contributed by atoms with Gasteiger partial charge in [0.25, 0.3) is 0 Å². The Hall–Kier alpha value is -1.89. The summed E-state index contributed by atoms with van der Waals surface area (Å²) < 4.78 is 13.6. The maximum absolute atomic E-state index is 13.6. The summed E-state index contributed by atoms with van der Waals surface area (Å²) in [5.41, 5.74) is 5.26. The van der Waals surface area contributed by atoms with Gasteiger partial charge < -0.3 is 15.7 Å². The van der Waals surface area contributed by atoms with Crippen molar-refractivity contribution in [1.29, 1.82) is 0 Å². The molecule has 1 aromatic heterocycles. The van der Waals surface area contributed by atoms with Crippen molar-refractivity contribution in [3.63, 3.8) is 0 Å². The molecule has 1 amide bonds. The summed E-state index contributed by atoms with van der Waals surface area (Å²) >= 11 is 5.50. The van der Waals surface area contributed by atoms with Crippen molar-refractivity contribution in [3.8, 4) is 0 Å². The number of aromatic nitrogens is 1. The summed E-state index contributed by atoms with van der Waals surface area (Å²) in [6.07, 6.45) is 0.901. The number of hydrogen-bond acceptors (Lipinski definition) is 4. The molecule has 2 rings (SSSR count). The van der Waals surface area contributed by atoms with Crippen LogP contribution in [0, 0.1) is 11.7 Å². The summed E-state index contributed by atoms with van der Waals surface area (Å²) in [6, 6.07) is -0.281. The van der Waals surface area contributed by atoms with E-state index in [1.54, 1.807) is 6.92 Å². The minimum Gasteiger partial charge on any atom is -0.465 e. The van der Waals surface area contributed by atoms with Crippen LogP contribution in [0.1, 0.15) is 30.1 Å². The van der Waals surface area contributed by atoms with Crippen molar-refractivity contribution in [1.82, 2.24) is 9.88 Å². The number of halogens is 2. The lowest BCUT2D eigenvalue weighted by Gasteiger charge is -2.35. The molecule has 114 valence electrons. The fraction of sp³-hybridized carbons (Fsp3) is 0.462. The van der Waals surface area contributed by atoms with Gasteiger partial charge in [-0.1, -0.05) is 11.6 Å². The number of anilines is 1. The first-order chi connectivity index (χ1) is 9.82. The van der Waals surface area contributed by atoms with Gasteiger partial charge in [0.2, 0.25) is 0 Å². The van der Waals surface area contributed by atoms with E-state index in [0.717, 1.165) is 6.20 Å². The number of carboxylic acid groups (broad SMARTS) is 1. The van der Waals surface area contributed by atoms with E-state index in [1.165, 1.54) is 4.90 Å². The fourth-order valence-corrected chi connectivity index (χ4v) is 2.74. The molecule has 2 atom stereocenters. The normalized spacial score (nSPS) is 22.1. The lowest BCUT2D eigenvalue weighted by atomic mass is 9.85. The van der Waals surface area contributed by atoms with E-state index in [1.807, 2.05) is 0 Å². The monoisotopic (exact) mass is 315 g/mol. The van der Waals surface area contributed by atoms with Crippen LogP contribution in [0.5, 0.6) is 0 Å². The number of carbonyl (C=O) groups is 2. The summed E-state index contributed by atoms with van der Waals surface area (Å²) in [6.45, 7) is 1.99. The highest BCUT2D eigenvalue weighted by molar-refractivity contribution is 6.30. The van der Waals surface area contributed by atoms with Crippen LogP contribution >= 0.6 is 11.6 Å². The SMILES string of the molecule is CC1CC(C(=O)c2cnc(Cl)c(F)c2N)CCN1C(=O)O. The second-order valence-corrected chi connectivity index (χ2v) is 5.46. The van der Waals surface area contributed by atoms with E-state index >= 15 is 0 Å². The molecule has 0 aliphatic carbocycles. The van der Waals surface area contributed by atoms with E-state index in [2.05, 4.69) is 4.98 Å². The van der Waals surface area contributed by atoms with Crippen molar-refractivity contribution >= 4 is 29.2 Å². The number of hydrogen-bond donors (Lipinski definition) is 2. The van der Waals surface area contributed by atoms with E-state index in [4.69, 9.17) is 22.4 Å². The van der Waals surface area contributed by atoms with Crippen molar-refractivity contribution < 1.29 is 19.1 Å². The maximum Gasteiger partial charge on any atom is 0.407 e. The van der Waals surface area contributed by atoms with Crippen molar-refractivity contribution in [3.05, 3.63) is 22.7 Å². The molecular formula is C13H15ClFN3O3. The summed E-state index contributed by atoms with van der Waals surface area (Å²) in [7, 11) is 0. The molecule has 3 N–H and O–H groups in total. The molecule has 2 unspecified atom stereocenters. The molecule has 21 heavy (non-hydrogen) atoms. The Morgan fingerprint density at radius 1 is 1.57 bits per heavy atom. The van der Waals surface area contributed by atoms with Gasteiger partial charge in [-0.2, -0.15) is 0 Å². The Kier molecular flexibility index (Phi) is 4.32. The molecule has 0 radical (unpaired) electrons. The number of piperidine rings is 1. The Morgan fingerprint density at radius 3 is 2.81 bits per heavy atom. The van der Waals surface area contributed by atoms with Gasteiger partial charge in [-0.15, -0.1) is 0 Å². The third kappa shape index (κ3) is 2.92. The van der Waals surface area contributed by atoms with E-state index in [9.17, 15) is 14.0 Å². The molecule has 1 aliphatic heterocycles. The molecule has 6 nitrogen and oxygen atoms in total. The predicted octanol–water partition coefficient (Wildman–Crippen LogP) is 2.42. The number of rotatable bonds is 2. The molecule has 1 saturated heterocycles. The Morgan fingerprint density at radius 2 is 2.24 bits per heavy atom. The average Bonchev–Trinajstić information content (AvgIpc) is 2.44. The molecule has 1 aliphatic rings. The Bertz CT molecular complexity index is 596. The number of pyridine rings is 1. The first-order valence-electron chi connectivity index (χ1n) is 6.46. The second-order valence-electron chi connectivity index (χ2n) is 5.10. The zero-order chi connectivity index (χ0) is 15.7. The van der Waals surface area contributed by atoms with Gasteiger partial charge >= 0.3 is 6.09 Å². The number of amides is 1. The molecule has 0 bridgehead atoms.